The number of carbonyl (C=O) groups is 2. The predicted octanol–water partition coefficient (Wildman–Crippen LogP) is 4.57. The number of amides is 1. The number of nitrogens with one attached hydrogen (secondary N) is 2. The van der Waals surface area contributed by atoms with Gasteiger partial charge in [0.25, 0.3) is 0 Å². The topological polar surface area (TPSA) is 81.7 Å². The number of nitrogens with zero attached hydrogens (tertiary/aromatic N) is 1. The third-order valence-corrected chi connectivity index (χ3v) is 6.60. The molecule has 0 fully saturated rings. The van der Waals surface area contributed by atoms with Crippen molar-refractivity contribution in [2.75, 3.05) is 25.0 Å². The van der Waals surface area contributed by atoms with Crippen molar-refractivity contribution in [1.82, 2.24) is 10.2 Å². The van der Waals surface area contributed by atoms with E-state index in [1.165, 1.54) is 27.8 Å². The van der Waals surface area contributed by atoms with Gasteiger partial charge in [0.05, 0.1) is 6.04 Å². The Hall–Kier alpha value is -3.74. The Kier molecular flexibility index (Phi) is 8.66. The van der Waals surface area contributed by atoms with Crippen molar-refractivity contribution >= 4 is 17.6 Å². The fraction of sp³-hybridized carbons (Fsp3) is 0.267. The normalized spacial score (nSPS) is 16.2. The van der Waals surface area contributed by atoms with E-state index >= 15 is 0 Å². The van der Waals surface area contributed by atoms with Crippen molar-refractivity contribution in [2.24, 2.45) is 0 Å². The molecule has 0 spiro atoms. The van der Waals surface area contributed by atoms with E-state index in [-0.39, 0.29) is 6.04 Å². The van der Waals surface area contributed by atoms with Gasteiger partial charge in [-0.25, -0.2) is 4.79 Å². The van der Waals surface area contributed by atoms with Crippen LogP contribution in [0.25, 0.3) is 0 Å². The van der Waals surface area contributed by atoms with Crippen LogP contribution in [0.3, 0.4) is 0 Å². The van der Waals surface area contributed by atoms with Gasteiger partial charge >= 0.3 is 5.97 Å². The molecule has 0 aromatic heterocycles. The van der Waals surface area contributed by atoms with Gasteiger partial charge in [0.2, 0.25) is 5.91 Å². The van der Waals surface area contributed by atoms with Crippen molar-refractivity contribution in [3.8, 4) is 0 Å². The van der Waals surface area contributed by atoms with E-state index in [2.05, 4.69) is 83.1 Å². The van der Waals surface area contributed by atoms with Gasteiger partial charge in [-0.1, -0.05) is 67.6 Å². The largest absolute Gasteiger partial charge is 0.478 e. The summed E-state index contributed by atoms with van der Waals surface area (Å²) in [6.45, 7) is 5.82. The maximum absolute atomic E-state index is 11.9. The number of benzene rings is 3. The second-order valence-electron chi connectivity index (χ2n) is 9.02. The van der Waals surface area contributed by atoms with Gasteiger partial charge < -0.3 is 15.7 Å². The maximum Gasteiger partial charge on any atom is 0.328 e. The number of aryl methyl sites for hydroxylation is 1. The second-order valence-corrected chi connectivity index (χ2v) is 9.02. The highest BCUT2D eigenvalue weighted by atomic mass is 16.4. The number of carboxylic acids is 1. The van der Waals surface area contributed by atoms with E-state index in [4.69, 9.17) is 5.11 Å². The Bertz CT molecular complexity index is 1220. The van der Waals surface area contributed by atoms with Crippen molar-refractivity contribution < 1.29 is 14.7 Å². The number of carbonyl (C=O) groups excluding carboxylic acids is 1. The van der Waals surface area contributed by atoms with Crippen LogP contribution in [0.4, 0.5) is 5.69 Å². The van der Waals surface area contributed by atoms with Crippen LogP contribution < -0.4 is 10.6 Å². The van der Waals surface area contributed by atoms with Gasteiger partial charge in [0, 0.05) is 44.0 Å². The SMILES string of the molecule is CCc1cc(NC(=O)C=CC(=O)O)ccc1CCN1CCNC(c2ccccc2)c2ccccc2C1. The summed E-state index contributed by atoms with van der Waals surface area (Å²) in [4.78, 5) is 25.1. The highest BCUT2D eigenvalue weighted by molar-refractivity contribution is 6.02. The molecule has 0 saturated heterocycles. The zero-order chi connectivity index (χ0) is 25.3. The van der Waals surface area contributed by atoms with E-state index in [1.54, 1.807) is 0 Å². The fourth-order valence-electron chi connectivity index (χ4n) is 4.78. The van der Waals surface area contributed by atoms with Gasteiger partial charge in [-0.3, -0.25) is 9.69 Å². The summed E-state index contributed by atoms with van der Waals surface area (Å²) in [5.41, 5.74) is 7.09. The molecule has 4 rings (SSSR count). The zero-order valence-corrected chi connectivity index (χ0v) is 20.6. The zero-order valence-electron chi connectivity index (χ0n) is 20.6. The highest BCUT2D eigenvalue weighted by Crippen LogP contribution is 2.27. The minimum absolute atomic E-state index is 0.198. The molecule has 1 aliphatic heterocycles. The Labute approximate surface area is 212 Å². The standard InChI is InChI=1S/C30H33N3O3/c1-2-22-20-26(32-28(34)14-15-29(35)36)13-12-23(22)16-18-33-19-17-31-30(24-8-4-3-5-9-24)27-11-7-6-10-25(27)21-33/h3-15,20,30-31H,2,16-19,21H2,1H3,(H,32,34)(H,35,36). The van der Waals surface area contributed by atoms with Crippen molar-refractivity contribution in [1.29, 1.82) is 0 Å². The molecule has 3 N–H and O–H groups in total. The van der Waals surface area contributed by atoms with Crippen LogP contribution in [0.5, 0.6) is 0 Å². The first-order valence-electron chi connectivity index (χ1n) is 12.5. The molecule has 6 heteroatoms. The quantitative estimate of drug-likeness (QED) is 0.409. The van der Waals surface area contributed by atoms with Crippen molar-refractivity contribution in [2.45, 2.75) is 32.4 Å². The number of aliphatic carboxylic acids is 1. The molecule has 1 heterocycles. The van der Waals surface area contributed by atoms with Crippen LogP contribution in [0, 0.1) is 0 Å². The Morgan fingerprint density at radius 1 is 1.03 bits per heavy atom. The lowest BCUT2D eigenvalue weighted by molar-refractivity contribution is -0.131. The second kappa shape index (κ2) is 12.3. The number of carboxylic acid groups (broad SMARTS) is 1. The van der Waals surface area contributed by atoms with Crippen LogP contribution >= 0.6 is 0 Å². The van der Waals surface area contributed by atoms with E-state index in [1.807, 2.05) is 12.1 Å². The molecule has 1 unspecified atom stereocenters. The lowest BCUT2D eigenvalue weighted by atomic mass is 9.93. The van der Waals surface area contributed by atoms with Gasteiger partial charge in [-0.2, -0.15) is 0 Å². The first-order valence-corrected chi connectivity index (χ1v) is 12.5. The summed E-state index contributed by atoms with van der Waals surface area (Å²) in [7, 11) is 0. The number of rotatable bonds is 8. The molecule has 1 atom stereocenters. The molecule has 0 aliphatic carbocycles. The predicted molar refractivity (Wildman–Crippen MR) is 143 cm³/mol. The molecule has 1 amide bonds. The molecule has 36 heavy (non-hydrogen) atoms. The average molecular weight is 484 g/mol. The summed E-state index contributed by atoms with van der Waals surface area (Å²) in [5.74, 6) is -1.60. The summed E-state index contributed by atoms with van der Waals surface area (Å²) in [5, 5.41) is 15.2. The Morgan fingerprint density at radius 2 is 1.81 bits per heavy atom. The summed E-state index contributed by atoms with van der Waals surface area (Å²) >= 11 is 0. The molecule has 0 saturated carbocycles. The number of anilines is 1. The van der Waals surface area contributed by atoms with E-state index in [0.29, 0.717) is 5.69 Å². The lowest BCUT2D eigenvalue weighted by Crippen LogP contribution is -2.38. The van der Waals surface area contributed by atoms with Gasteiger partial charge in [0.15, 0.2) is 0 Å². The molecular weight excluding hydrogens is 450 g/mol. The molecule has 0 bridgehead atoms. The van der Waals surface area contributed by atoms with Crippen LogP contribution in [0.15, 0.2) is 84.9 Å². The Morgan fingerprint density at radius 3 is 2.58 bits per heavy atom. The van der Waals surface area contributed by atoms with E-state index < -0.39 is 11.9 Å². The van der Waals surface area contributed by atoms with Crippen LogP contribution in [-0.4, -0.2) is 41.5 Å². The molecule has 0 radical (unpaired) electrons. The number of fused-ring (bicyclic) bond motifs is 1. The summed E-state index contributed by atoms with van der Waals surface area (Å²) < 4.78 is 0. The third-order valence-electron chi connectivity index (χ3n) is 6.60. The van der Waals surface area contributed by atoms with Crippen molar-refractivity contribution in [3.05, 3.63) is 113 Å². The lowest BCUT2D eigenvalue weighted by Gasteiger charge is -2.31. The maximum atomic E-state index is 11.9. The van der Waals surface area contributed by atoms with Gasteiger partial charge in [0.1, 0.15) is 0 Å². The number of hydrogen-bond donors (Lipinski definition) is 3. The van der Waals surface area contributed by atoms with Crippen LogP contribution in [0.2, 0.25) is 0 Å². The summed E-state index contributed by atoms with van der Waals surface area (Å²) in [6.07, 6.45) is 3.63. The molecule has 3 aromatic carbocycles. The minimum Gasteiger partial charge on any atom is -0.478 e. The monoisotopic (exact) mass is 483 g/mol. The molecular formula is C30H33N3O3. The summed E-state index contributed by atoms with van der Waals surface area (Å²) in [6, 6.07) is 25.5. The third kappa shape index (κ3) is 6.68. The Balaban J connectivity index is 1.44. The minimum atomic E-state index is -1.15. The highest BCUT2D eigenvalue weighted by Gasteiger charge is 2.21. The molecule has 186 valence electrons. The average Bonchev–Trinajstić information content (AvgIpc) is 2.88. The number of hydrogen-bond acceptors (Lipinski definition) is 4. The van der Waals surface area contributed by atoms with Crippen LogP contribution in [-0.2, 0) is 29.0 Å². The first-order chi connectivity index (χ1) is 17.5. The molecule has 6 nitrogen and oxygen atoms in total. The van der Waals surface area contributed by atoms with E-state index in [9.17, 15) is 9.59 Å². The smallest absolute Gasteiger partial charge is 0.328 e. The van der Waals surface area contributed by atoms with Gasteiger partial charge in [-0.15, -0.1) is 0 Å². The molecule has 3 aromatic rings. The van der Waals surface area contributed by atoms with Crippen LogP contribution in [0.1, 0.15) is 40.8 Å². The van der Waals surface area contributed by atoms with E-state index in [0.717, 1.165) is 51.2 Å². The molecule has 1 aliphatic rings. The van der Waals surface area contributed by atoms with Gasteiger partial charge in [-0.05, 0) is 52.8 Å². The fourth-order valence-corrected chi connectivity index (χ4v) is 4.78. The van der Waals surface area contributed by atoms with Crippen molar-refractivity contribution in [3.63, 3.8) is 0 Å². The first kappa shape index (κ1) is 25.4.